The van der Waals surface area contributed by atoms with E-state index in [-0.39, 0.29) is 0 Å². The molecule has 0 spiro atoms. The predicted octanol–water partition coefficient (Wildman–Crippen LogP) is 0.713. The number of aromatic nitrogens is 2. The molecule has 1 heterocycles. The molecule has 0 aliphatic carbocycles. The average Bonchev–Trinajstić information content (AvgIpc) is 2.03. The van der Waals surface area contributed by atoms with Crippen molar-refractivity contribution in [3.63, 3.8) is 0 Å². The van der Waals surface area contributed by atoms with Crippen molar-refractivity contribution in [2.24, 2.45) is 0 Å². The maximum Gasteiger partial charge on any atom is 0.232 e. The molecule has 66 valence electrons. The second-order valence-corrected chi connectivity index (χ2v) is 3.01. The van der Waals surface area contributed by atoms with Crippen LogP contribution in [0.4, 0.5) is 0 Å². The molecule has 0 saturated carbocycles. The fourth-order valence-electron chi connectivity index (χ4n) is 0.741. The Balaban J connectivity index is 3.02. The lowest BCUT2D eigenvalue weighted by molar-refractivity contribution is 0.0727. The number of aliphatic hydroxyl groups is 1. The van der Waals surface area contributed by atoms with E-state index in [1.807, 2.05) is 0 Å². The molecule has 1 aromatic rings. The van der Waals surface area contributed by atoms with Gasteiger partial charge in [-0.15, -0.1) is 0 Å². The summed E-state index contributed by atoms with van der Waals surface area (Å²) < 4.78 is 4.87. The molecule has 0 aromatic carbocycles. The summed E-state index contributed by atoms with van der Waals surface area (Å²) in [6.45, 7) is 3.30. The highest BCUT2D eigenvalue weighted by molar-refractivity contribution is 5.12. The van der Waals surface area contributed by atoms with Gasteiger partial charge < -0.3 is 9.84 Å². The first-order chi connectivity index (χ1) is 5.54. The molecule has 0 unspecified atom stereocenters. The minimum Gasteiger partial charge on any atom is -0.480 e. The number of methoxy groups -OCH3 is 1. The van der Waals surface area contributed by atoms with Gasteiger partial charge in [0.05, 0.1) is 25.2 Å². The Morgan fingerprint density at radius 3 is 2.58 bits per heavy atom. The first-order valence-electron chi connectivity index (χ1n) is 3.63. The van der Waals surface area contributed by atoms with Gasteiger partial charge >= 0.3 is 0 Å². The van der Waals surface area contributed by atoms with Gasteiger partial charge in [0.15, 0.2) is 0 Å². The predicted molar refractivity (Wildman–Crippen MR) is 43.8 cm³/mol. The minimum atomic E-state index is -0.971. The summed E-state index contributed by atoms with van der Waals surface area (Å²) in [7, 11) is 1.51. The molecule has 0 aliphatic rings. The quantitative estimate of drug-likeness (QED) is 0.706. The van der Waals surface area contributed by atoms with Gasteiger partial charge in [0.25, 0.3) is 0 Å². The summed E-state index contributed by atoms with van der Waals surface area (Å²) in [5, 5.41) is 9.55. The van der Waals surface area contributed by atoms with Gasteiger partial charge in [0.1, 0.15) is 5.60 Å². The van der Waals surface area contributed by atoms with Crippen molar-refractivity contribution in [3.05, 3.63) is 18.1 Å². The molecular formula is C8H12N2O2. The average molecular weight is 168 g/mol. The number of rotatable bonds is 2. The molecule has 0 amide bonds. The molecule has 1 N–H and O–H groups in total. The summed E-state index contributed by atoms with van der Waals surface area (Å²) in [4.78, 5) is 7.90. The Kier molecular flexibility index (Phi) is 2.28. The van der Waals surface area contributed by atoms with Crippen molar-refractivity contribution < 1.29 is 9.84 Å². The monoisotopic (exact) mass is 168 g/mol. The SMILES string of the molecule is COc1cncc(C(C)(C)O)n1. The van der Waals surface area contributed by atoms with E-state index >= 15 is 0 Å². The fourth-order valence-corrected chi connectivity index (χ4v) is 0.741. The Morgan fingerprint density at radius 1 is 1.42 bits per heavy atom. The highest BCUT2D eigenvalue weighted by atomic mass is 16.5. The molecule has 4 nitrogen and oxygen atoms in total. The van der Waals surface area contributed by atoms with E-state index in [9.17, 15) is 5.11 Å². The van der Waals surface area contributed by atoms with Crippen LogP contribution in [0.1, 0.15) is 19.5 Å². The van der Waals surface area contributed by atoms with Gasteiger partial charge in [-0.1, -0.05) is 0 Å². The van der Waals surface area contributed by atoms with E-state index in [1.165, 1.54) is 19.5 Å². The highest BCUT2D eigenvalue weighted by Gasteiger charge is 2.18. The number of hydrogen-bond acceptors (Lipinski definition) is 4. The second-order valence-electron chi connectivity index (χ2n) is 3.01. The first-order valence-corrected chi connectivity index (χ1v) is 3.63. The standard InChI is InChI=1S/C8H12N2O2/c1-8(2,11)6-4-9-5-7(10-6)12-3/h4-5,11H,1-3H3. The molecule has 0 saturated heterocycles. The zero-order valence-electron chi connectivity index (χ0n) is 7.40. The maximum absolute atomic E-state index is 9.55. The van der Waals surface area contributed by atoms with E-state index in [0.717, 1.165) is 0 Å². The van der Waals surface area contributed by atoms with Gasteiger partial charge in [0.2, 0.25) is 5.88 Å². The van der Waals surface area contributed by atoms with Crippen molar-refractivity contribution in [2.75, 3.05) is 7.11 Å². The third kappa shape index (κ3) is 1.92. The van der Waals surface area contributed by atoms with Gasteiger partial charge in [-0.25, -0.2) is 4.98 Å². The lowest BCUT2D eigenvalue weighted by atomic mass is 10.1. The van der Waals surface area contributed by atoms with E-state index in [0.29, 0.717) is 11.6 Å². The summed E-state index contributed by atoms with van der Waals surface area (Å²) in [6, 6.07) is 0. The van der Waals surface area contributed by atoms with Gasteiger partial charge in [-0.2, -0.15) is 0 Å². The van der Waals surface area contributed by atoms with Crippen LogP contribution in [-0.2, 0) is 5.60 Å². The van der Waals surface area contributed by atoms with Crippen LogP contribution >= 0.6 is 0 Å². The van der Waals surface area contributed by atoms with Gasteiger partial charge in [-0.3, -0.25) is 4.98 Å². The Labute approximate surface area is 71.2 Å². The van der Waals surface area contributed by atoms with Crippen molar-refractivity contribution >= 4 is 0 Å². The molecule has 0 fully saturated rings. The van der Waals surface area contributed by atoms with Crippen LogP contribution in [0.3, 0.4) is 0 Å². The van der Waals surface area contributed by atoms with Crippen LogP contribution in [-0.4, -0.2) is 22.2 Å². The third-order valence-corrected chi connectivity index (χ3v) is 1.45. The molecule has 1 aromatic heterocycles. The smallest absolute Gasteiger partial charge is 0.232 e. The van der Waals surface area contributed by atoms with E-state index in [2.05, 4.69) is 9.97 Å². The third-order valence-electron chi connectivity index (χ3n) is 1.45. The zero-order valence-corrected chi connectivity index (χ0v) is 7.40. The second kappa shape index (κ2) is 3.06. The van der Waals surface area contributed by atoms with Gasteiger partial charge in [0, 0.05) is 0 Å². The van der Waals surface area contributed by atoms with Crippen LogP contribution in [0.2, 0.25) is 0 Å². The number of hydrogen-bond donors (Lipinski definition) is 1. The Morgan fingerprint density at radius 2 is 2.08 bits per heavy atom. The molecular weight excluding hydrogens is 156 g/mol. The normalized spacial score (nSPS) is 11.3. The molecule has 0 aliphatic heterocycles. The van der Waals surface area contributed by atoms with Crippen LogP contribution < -0.4 is 4.74 Å². The van der Waals surface area contributed by atoms with Crippen LogP contribution in [0.5, 0.6) is 5.88 Å². The summed E-state index contributed by atoms with van der Waals surface area (Å²) in [6.07, 6.45) is 3.01. The van der Waals surface area contributed by atoms with Crippen molar-refractivity contribution in [1.82, 2.24) is 9.97 Å². The maximum atomic E-state index is 9.55. The fraction of sp³-hybridized carbons (Fsp3) is 0.500. The first kappa shape index (κ1) is 8.93. The molecule has 0 bridgehead atoms. The highest BCUT2D eigenvalue weighted by Crippen LogP contribution is 2.17. The molecule has 12 heavy (non-hydrogen) atoms. The zero-order chi connectivity index (χ0) is 9.19. The number of nitrogens with zero attached hydrogens (tertiary/aromatic N) is 2. The van der Waals surface area contributed by atoms with E-state index in [4.69, 9.17) is 4.74 Å². The van der Waals surface area contributed by atoms with Crippen LogP contribution in [0, 0.1) is 0 Å². The lowest BCUT2D eigenvalue weighted by Crippen LogP contribution is -2.17. The summed E-state index contributed by atoms with van der Waals surface area (Å²) >= 11 is 0. The Bertz CT molecular complexity index is 268. The topological polar surface area (TPSA) is 55.2 Å². The number of ether oxygens (including phenoxy) is 1. The van der Waals surface area contributed by atoms with Crippen molar-refractivity contribution in [2.45, 2.75) is 19.4 Å². The van der Waals surface area contributed by atoms with Crippen LogP contribution in [0.25, 0.3) is 0 Å². The van der Waals surface area contributed by atoms with Crippen molar-refractivity contribution in [3.8, 4) is 5.88 Å². The summed E-state index contributed by atoms with van der Waals surface area (Å²) in [5.74, 6) is 0.412. The summed E-state index contributed by atoms with van der Waals surface area (Å²) in [5.41, 5.74) is -0.469. The van der Waals surface area contributed by atoms with Gasteiger partial charge in [-0.05, 0) is 13.8 Å². The molecule has 4 heteroatoms. The largest absolute Gasteiger partial charge is 0.480 e. The van der Waals surface area contributed by atoms with E-state index in [1.54, 1.807) is 13.8 Å². The minimum absolute atomic E-state index is 0.412. The molecule has 0 atom stereocenters. The molecule has 0 radical (unpaired) electrons. The molecule has 1 rings (SSSR count). The lowest BCUT2D eigenvalue weighted by Gasteiger charge is -2.15. The van der Waals surface area contributed by atoms with Crippen LogP contribution in [0.15, 0.2) is 12.4 Å². The Hall–Kier alpha value is -1.16. The van der Waals surface area contributed by atoms with Crippen molar-refractivity contribution in [1.29, 1.82) is 0 Å². The van der Waals surface area contributed by atoms with E-state index < -0.39 is 5.60 Å².